The normalized spacial score (nSPS) is 10.5. The lowest BCUT2D eigenvalue weighted by Crippen LogP contribution is -2.15. The number of rotatable bonds is 6. The molecule has 0 fully saturated rings. The van der Waals surface area contributed by atoms with Gasteiger partial charge in [0, 0.05) is 5.69 Å². The lowest BCUT2D eigenvalue weighted by atomic mass is 10.0. The molecule has 0 atom stereocenters. The monoisotopic (exact) mass is 374 g/mol. The van der Waals surface area contributed by atoms with E-state index in [1.807, 2.05) is 55.8 Å². The molecule has 6 nitrogen and oxygen atoms in total. The van der Waals surface area contributed by atoms with Crippen molar-refractivity contribution in [3.63, 3.8) is 0 Å². The van der Waals surface area contributed by atoms with Gasteiger partial charge in [-0.2, -0.15) is 10.4 Å². The van der Waals surface area contributed by atoms with Gasteiger partial charge in [-0.1, -0.05) is 31.5 Å². The number of nitrogens with one attached hydrogen (secondary N) is 1. The largest absolute Gasteiger partial charge is 0.479 e. The molecule has 0 radical (unpaired) electrons. The predicted molar refractivity (Wildman–Crippen MR) is 108 cm³/mol. The van der Waals surface area contributed by atoms with Crippen molar-refractivity contribution >= 4 is 11.6 Å². The van der Waals surface area contributed by atoms with Crippen molar-refractivity contribution in [2.24, 2.45) is 0 Å². The molecule has 2 aromatic carbocycles. The zero-order valence-corrected chi connectivity index (χ0v) is 16.1. The number of benzene rings is 2. The summed E-state index contributed by atoms with van der Waals surface area (Å²) < 4.78 is 7.04. The molecule has 3 aromatic rings. The van der Waals surface area contributed by atoms with Gasteiger partial charge in [0.05, 0.1) is 23.1 Å². The van der Waals surface area contributed by atoms with Crippen LogP contribution in [0.1, 0.15) is 41.4 Å². The quantitative estimate of drug-likeness (QED) is 0.691. The van der Waals surface area contributed by atoms with Crippen molar-refractivity contribution in [1.29, 1.82) is 5.26 Å². The van der Waals surface area contributed by atoms with Crippen LogP contribution in [-0.4, -0.2) is 22.3 Å². The van der Waals surface area contributed by atoms with Crippen LogP contribution in [0.3, 0.4) is 0 Å². The summed E-state index contributed by atoms with van der Waals surface area (Å²) in [5, 5.41) is 15.9. The van der Waals surface area contributed by atoms with Crippen molar-refractivity contribution < 1.29 is 9.53 Å². The van der Waals surface area contributed by atoms with Crippen LogP contribution < -0.4 is 10.1 Å². The molecule has 1 aromatic heterocycles. The molecule has 0 aliphatic rings. The summed E-state index contributed by atoms with van der Waals surface area (Å²) in [6, 6.07) is 16.9. The lowest BCUT2D eigenvalue weighted by Gasteiger charge is -2.13. The molecule has 142 valence electrons. The Balaban J connectivity index is 1.84. The third-order valence-electron chi connectivity index (χ3n) is 4.29. The Kier molecular flexibility index (Phi) is 5.75. The van der Waals surface area contributed by atoms with Crippen molar-refractivity contribution in [3.8, 4) is 17.5 Å². The maximum Gasteiger partial charge on any atom is 0.259 e. The molecule has 1 N–H and O–H groups in total. The molecule has 0 saturated carbocycles. The molecule has 1 amide bonds. The molecule has 28 heavy (non-hydrogen) atoms. The van der Waals surface area contributed by atoms with E-state index in [0.29, 0.717) is 17.0 Å². The number of carbonyl (C=O) groups is 1. The van der Waals surface area contributed by atoms with Gasteiger partial charge in [-0.15, -0.1) is 0 Å². The average molecular weight is 374 g/mol. The van der Waals surface area contributed by atoms with Crippen molar-refractivity contribution in [2.45, 2.75) is 26.7 Å². The van der Waals surface area contributed by atoms with Gasteiger partial charge in [-0.25, -0.2) is 4.68 Å². The fourth-order valence-corrected chi connectivity index (χ4v) is 2.93. The fraction of sp³-hybridized carbons (Fsp3) is 0.227. The van der Waals surface area contributed by atoms with Gasteiger partial charge >= 0.3 is 0 Å². The highest BCUT2D eigenvalue weighted by atomic mass is 16.5. The van der Waals surface area contributed by atoms with Gasteiger partial charge in [0.25, 0.3) is 5.91 Å². The number of hydrogen-bond donors (Lipinski definition) is 1. The van der Waals surface area contributed by atoms with Crippen molar-refractivity contribution in [2.75, 3.05) is 11.9 Å². The van der Waals surface area contributed by atoms with Crippen LogP contribution in [0, 0.1) is 18.3 Å². The van der Waals surface area contributed by atoms with Gasteiger partial charge in [0.1, 0.15) is 11.8 Å². The van der Waals surface area contributed by atoms with Crippen LogP contribution in [0.4, 0.5) is 5.69 Å². The SMILES string of the molecule is Cc1ccc(-n2ncc(C(=O)Nc3ccc(OCC#N)cc3)c2C(C)C)cc1. The highest BCUT2D eigenvalue weighted by molar-refractivity contribution is 6.05. The number of anilines is 1. The number of nitriles is 1. The molecule has 0 aliphatic carbocycles. The Labute approximate surface area is 164 Å². The molecular weight excluding hydrogens is 352 g/mol. The zero-order chi connectivity index (χ0) is 20.1. The topological polar surface area (TPSA) is 79.9 Å². The number of nitrogens with zero attached hydrogens (tertiary/aromatic N) is 3. The molecular formula is C22H22N4O2. The van der Waals surface area contributed by atoms with E-state index in [0.717, 1.165) is 11.4 Å². The second-order valence-electron chi connectivity index (χ2n) is 6.77. The number of aryl methyl sites for hydroxylation is 1. The predicted octanol–water partition coefficient (Wildman–Crippen LogP) is 4.46. The Morgan fingerprint density at radius 1 is 1.18 bits per heavy atom. The Morgan fingerprint density at radius 3 is 2.46 bits per heavy atom. The van der Waals surface area contributed by atoms with E-state index in [-0.39, 0.29) is 18.4 Å². The van der Waals surface area contributed by atoms with E-state index in [2.05, 4.69) is 10.4 Å². The summed E-state index contributed by atoms with van der Waals surface area (Å²) in [7, 11) is 0. The van der Waals surface area contributed by atoms with Crippen LogP contribution in [0.15, 0.2) is 54.7 Å². The smallest absolute Gasteiger partial charge is 0.259 e. The van der Waals surface area contributed by atoms with Crippen molar-refractivity contribution in [1.82, 2.24) is 9.78 Å². The number of ether oxygens (including phenoxy) is 1. The van der Waals surface area contributed by atoms with E-state index >= 15 is 0 Å². The number of amides is 1. The summed E-state index contributed by atoms with van der Waals surface area (Å²) in [6.07, 6.45) is 1.61. The van der Waals surface area contributed by atoms with E-state index in [1.165, 1.54) is 5.56 Å². The Bertz CT molecular complexity index is 997. The molecule has 0 unspecified atom stereocenters. The number of aromatic nitrogens is 2. The van der Waals surface area contributed by atoms with Crippen LogP contribution in [0.25, 0.3) is 5.69 Å². The van der Waals surface area contributed by atoms with Gasteiger partial charge in [0.2, 0.25) is 0 Å². The van der Waals surface area contributed by atoms with Gasteiger partial charge < -0.3 is 10.1 Å². The molecule has 0 bridgehead atoms. The van der Waals surface area contributed by atoms with Gasteiger partial charge in [-0.05, 0) is 49.2 Å². The van der Waals surface area contributed by atoms with E-state index in [4.69, 9.17) is 10.00 Å². The first-order valence-corrected chi connectivity index (χ1v) is 9.05. The minimum Gasteiger partial charge on any atom is -0.479 e. The van der Waals surface area contributed by atoms with Crippen LogP contribution in [0.2, 0.25) is 0 Å². The van der Waals surface area contributed by atoms with E-state index in [9.17, 15) is 4.79 Å². The van der Waals surface area contributed by atoms with Crippen LogP contribution in [0.5, 0.6) is 5.75 Å². The first-order valence-electron chi connectivity index (χ1n) is 9.05. The zero-order valence-electron chi connectivity index (χ0n) is 16.1. The summed E-state index contributed by atoms with van der Waals surface area (Å²) in [5.74, 6) is 0.480. The second kappa shape index (κ2) is 8.40. The van der Waals surface area contributed by atoms with Crippen molar-refractivity contribution in [3.05, 3.63) is 71.5 Å². The highest BCUT2D eigenvalue weighted by Crippen LogP contribution is 2.24. The first-order chi connectivity index (χ1) is 13.5. The second-order valence-corrected chi connectivity index (χ2v) is 6.77. The van der Waals surface area contributed by atoms with Crippen LogP contribution in [-0.2, 0) is 0 Å². The van der Waals surface area contributed by atoms with Gasteiger partial charge in [-0.3, -0.25) is 4.79 Å². The molecule has 1 heterocycles. The number of carbonyl (C=O) groups excluding carboxylic acids is 1. The maximum atomic E-state index is 12.9. The molecule has 0 saturated heterocycles. The Hall–Kier alpha value is -3.59. The first kappa shape index (κ1) is 19.2. The third-order valence-corrected chi connectivity index (χ3v) is 4.29. The van der Waals surface area contributed by atoms with Gasteiger partial charge in [0.15, 0.2) is 6.61 Å². The minimum absolute atomic E-state index is 0.0123. The molecule has 0 spiro atoms. The minimum atomic E-state index is -0.215. The highest BCUT2D eigenvalue weighted by Gasteiger charge is 2.21. The average Bonchev–Trinajstić information content (AvgIpc) is 3.13. The Morgan fingerprint density at radius 2 is 1.86 bits per heavy atom. The third kappa shape index (κ3) is 4.21. The molecule has 3 rings (SSSR count). The summed E-state index contributed by atoms with van der Waals surface area (Å²) in [4.78, 5) is 12.9. The van der Waals surface area contributed by atoms with E-state index < -0.39 is 0 Å². The standard InChI is InChI=1S/C22H22N4O2/c1-15(2)21-20(14-24-26(21)18-8-4-16(3)5-9-18)22(27)25-17-6-10-19(11-7-17)28-13-12-23/h4-11,14-15H,13H2,1-3H3,(H,25,27). The molecule has 0 aliphatic heterocycles. The van der Waals surface area contributed by atoms with Crippen LogP contribution >= 0.6 is 0 Å². The number of hydrogen-bond acceptors (Lipinski definition) is 4. The fourth-order valence-electron chi connectivity index (χ4n) is 2.93. The summed E-state index contributed by atoms with van der Waals surface area (Å²) in [5.41, 5.74) is 4.14. The summed E-state index contributed by atoms with van der Waals surface area (Å²) in [6.45, 7) is 6.10. The van der Waals surface area contributed by atoms with E-state index in [1.54, 1.807) is 30.5 Å². The lowest BCUT2D eigenvalue weighted by molar-refractivity contribution is 0.102. The summed E-state index contributed by atoms with van der Waals surface area (Å²) >= 11 is 0. The maximum absolute atomic E-state index is 12.9. The molecule has 6 heteroatoms.